The second-order valence-electron chi connectivity index (χ2n) is 9.42. The smallest absolute Gasteiger partial charge is 0.325 e. The average Bonchev–Trinajstić information content (AvgIpc) is 3.44. The maximum atomic E-state index is 14.1. The Balaban J connectivity index is 1.78. The number of Topliss-reactive ketones (excluding diaryl/α,β-unsaturated/α-hetero) is 1. The van der Waals surface area contributed by atoms with E-state index in [0.29, 0.717) is 39.8 Å². The molecule has 0 saturated heterocycles. The zero-order valence-corrected chi connectivity index (χ0v) is 21.2. The van der Waals surface area contributed by atoms with Gasteiger partial charge in [0.2, 0.25) is 0 Å². The lowest BCUT2D eigenvalue weighted by Crippen LogP contribution is -2.55. The molecule has 3 N–H and O–H groups in total. The van der Waals surface area contributed by atoms with Crippen molar-refractivity contribution >= 4 is 52.2 Å². The van der Waals surface area contributed by atoms with Gasteiger partial charge in [0.15, 0.2) is 17.6 Å². The van der Waals surface area contributed by atoms with Crippen LogP contribution in [0.1, 0.15) is 32.3 Å². The van der Waals surface area contributed by atoms with E-state index in [-0.39, 0.29) is 30.2 Å². The summed E-state index contributed by atoms with van der Waals surface area (Å²) in [6.07, 6.45) is -0.0882. The number of ether oxygens (including phenoxy) is 1. The van der Waals surface area contributed by atoms with E-state index in [1.807, 2.05) is 6.92 Å². The summed E-state index contributed by atoms with van der Waals surface area (Å²) in [5.74, 6) is -1.41. The van der Waals surface area contributed by atoms with Crippen molar-refractivity contribution in [2.24, 2.45) is 5.41 Å². The molecule has 1 fully saturated rings. The van der Waals surface area contributed by atoms with Crippen LogP contribution in [0.15, 0.2) is 53.7 Å². The Morgan fingerprint density at radius 1 is 1.19 bits per heavy atom. The van der Waals surface area contributed by atoms with Gasteiger partial charge in [-0.3, -0.25) is 19.3 Å². The molecule has 1 aliphatic carbocycles. The van der Waals surface area contributed by atoms with Gasteiger partial charge < -0.3 is 20.5 Å². The molecule has 2 heterocycles. The number of ketones is 1. The Morgan fingerprint density at radius 3 is 2.58 bits per heavy atom. The molecule has 0 aromatic heterocycles. The van der Waals surface area contributed by atoms with E-state index in [1.165, 1.54) is 4.90 Å². The summed E-state index contributed by atoms with van der Waals surface area (Å²) in [5, 5.41) is 18.3. The van der Waals surface area contributed by atoms with Crippen LogP contribution >= 0.6 is 23.2 Å². The van der Waals surface area contributed by atoms with Gasteiger partial charge in [0, 0.05) is 32.4 Å². The summed E-state index contributed by atoms with van der Waals surface area (Å²) in [4.78, 5) is 41.8. The molecule has 8 nitrogen and oxygen atoms in total. The third-order valence-electron chi connectivity index (χ3n) is 7.04. The van der Waals surface area contributed by atoms with E-state index < -0.39 is 29.1 Å². The van der Waals surface area contributed by atoms with Crippen molar-refractivity contribution in [3.8, 4) is 0 Å². The van der Waals surface area contributed by atoms with Crippen LogP contribution in [0, 0.1) is 5.41 Å². The number of nitrogens with zero attached hydrogens (tertiary/aromatic N) is 1. The average molecular weight is 530 g/mol. The fourth-order valence-electron chi connectivity index (χ4n) is 5.04. The van der Waals surface area contributed by atoms with Crippen LogP contribution in [0.4, 0.5) is 11.4 Å². The van der Waals surface area contributed by atoms with E-state index in [0.717, 1.165) is 0 Å². The Hall–Kier alpha value is -3.07. The van der Waals surface area contributed by atoms with E-state index in [4.69, 9.17) is 27.9 Å². The molecule has 10 heteroatoms. The first-order valence-corrected chi connectivity index (χ1v) is 12.4. The number of carbonyl (C=O) groups excluding carboxylic acids is 3. The first-order valence-electron chi connectivity index (χ1n) is 11.7. The predicted octanol–water partition coefficient (Wildman–Crippen LogP) is 3.76. The molecule has 2 atom stereocenters. The molecule has 1 amide bonds. The molecule has 36 heavy (non-hydrogen) atoms. The van der Waals surface area contributed by atoms with E-state index in [2.05, 4.69) is 10.6 Å². The molecule has 2 aromatic carbocycles. The number of aliphatic hydroxyl groups is 1. The minimum absolute atomic E-state index is 0.0511. The summed E-state index contributed by atoms with van der Waals surface area (Å²) in [5.41, 5.74) is -0.876. The highest BCUT2D eigenvalue weighted by atomic mass is 35.5. The largest absolute Gasteiger partial charge is 0.465 e. The van der Waals surface area contributed by atoms with E-state index in [9.17, 15) is 19.5 Å². The van der Waals surface area contributed by atoms with Gasteiger partial charge in [-0.05, 0) is 50.1 Å². The van der Waals surface area contributed by atoms with Crippen LogP contribution in [0.25, 0.3) is 0 Å². The van der Waals surface area contributed by atoms with Crippen molar-refractivity contribution in [3.05, 3.63) is 69.3 Å². The predicted molar refractivity (Wildman–Crippen MR) is 136 cm³/mol. The number of amides is 1. The summed E-state index contributed by atoms with van der Waals surface area (Å²) in [6.45, 7) is 3.37. The second-order valence-corrected chi connectivity index (χ2v) is 10.3. The number of aliphatic hydroxyl groups excluding tert-OH is 1. The van der Waals surface area contributed by atoms with Crippen LogP contribution in [0.5, 0.6) is 0 Å². The topological polar surface area (TPSA) is 108 Å². The first-order chi connectivity index (χ1) is 17.1. The van der Waals surface area contributed by atoms with Gasteiger partial charge in [-0.15, -0.1) is 0 Å². The quantitative estimate of drug-likeness (QED) is 0.468. The minimum Gasteiger partial charge on any atom is -0.465 e. The number of hydrogen-bond acceptors (Lipinski definition) is 7. The molecule has 1 saturated carbocycles. The highest BCUT2D eigenvalue weighted by molar-refractivity contribution is 6.31. The van der Waals surface area contributed by atoms with Gasteiger partial charge in [0.05, 0.1) is 12.2 Å². The number of esters is 1. The van der Waals surface area contributed by atoms with Crippen LogP contribution in [-0.4, -0.2) is 42.1 Å². The molecule has 2 aromatic rings. The van der Waals surface area contributed by atoms with Gasteiger partial charge in [-0.1, -0.05) is 42.3 Å². The molecule has 2 unspecified atom stereocenters. The van der Waals surface area contributed by atoms with E-state index >= 15 is 0 Å². The van der Waals surface area contributed by atoms with Crippen LogP contribution in [-0.2, 0) is 24.7 Å². The number of benzene rings is 2. The number of hydrogen-bond donors (Lipinski definition) is 3. The summed E-state index contributed by atoms with van der Waals surface area (Å²) in [7, 11) is 0. The first kappa shape index (κ1) is 24.6. The molecule has 188 valence electrons. The maximum Gasteiger partial charge on any atom is 0.325 e. The lowest BCUT2D eigenvalue weighted by Gasteiger charge is -2.40. The molecule has 0 bridgehead atoms. The molecule has 2 aliphatic heterocycles. The SMILES string of the molecule is CCOC(=O)CNC1=C(C(=O)C2(C)CC2)C2(c3ccc(Cl)cc3NC2O)N(c2cccc(Cl)c2)C1=O. The van der Waals surface area contributed by atoms with Gasteiger partial charge in [-0.25, -0.2) is 0 Å². The molecule has 1 spiro atoms. The zero-order valence-electron chi connectivity index (χ0n) is 19.7. The molecular formula is C26H25Cl2N3O5. The lowest BCUT2D eigenvalue weighted by molar-refractivity contribution is -0.141. The van der Waals surface area contributed by atoms with Crippen molar-refractivity contribution in [2.75, 3.05) is 23.4 Å². The van der Waals surface area contributed by atoms with Crippen molar-refractivity contribution in [2.45, 2.75) is 38.5 Å². The third-order valence-corrected chi connectivity index (χ3v) is 7.51. The van der Waals surface area contributed by atoms with Gasteiger partial charge in [-0.2, -0.15) is 0 Å². The minimum atomic E-state index is -1.62. The van der Waals surface area contributed by atoms with Crippen LogP contribution < -0.4 is 15.5 Å². The fraction of sp³-hybridized carbons (Fsp3) is 0.346. The highest BCUT2D eigenvalue weighted by Crippen LogP contribution is 2.58. The number of rotatable bonds is 7. The summed E-state index contributed by atoms with van der Waals surface area (Å²) in [6, 6.07) is 11.6. The number of fused-ring (bicyclic) bond motifs is 2. The van der Waals surface area contributed by atoms with Crippen molar-refractivity contribution < 1.29 is 24.2 Å². The van der Waals surface area contributed by atoms with Crippen molar-refractivity contribution in [1.82, 2.24) is 5.32 Å². The van der Waals surface area contributed by atoms with Crippen LogP contribution in [0.2, 0.25) is 10.0 Å². The third kappa shape index (κ3) is 3.67. The molecule has 0 radical (unpaired) electrons. The van der Waals surface area contributed by atoms with Crippen molar-refractivity contribution in [1.29, 1.82) is 0 Å². The Morgan fingerprint density at radius 2 is 1.92 bits per heavy atom. The van der Waals surface area contributed by atoms with Gasteiger partial charge >= 0.3 is 5.97 Å². The molecule has 5 rings (SSSR count). The van der Waals surface area contributed by atoms with Crippen LogP contribution in [0.3, 0.4) is 0 Å². The highest BCUT2D eigenvalue weighted by Gasteiger charge is 2.66. The number of halogens is 2. The number of anilines is 2. The zero-order chi connectivity index (χ0) is 25.8. The Bertz CT molecular complexity index is 1320. The van der Waals surface area contributed by atoms with Gasteiger partial charge in [0.25, 0.3) is 5.91 Å². The van der Waals surface area contributed by atoms with E-state index in [1.54, 1.807) is 49.4 Å². The molecular weight excluding hydrogens is 505 g/mol. The maximum absolute atomic E-state index is 14.1. The second kappa shape index (κ2) is 8.80. The monoisotopic (exact) mass is 529 g/mol. The number of carbonyl (C=O) groups is 3. The number of nitrogens with one attached hydrogen (secondary N) is 2. The summed E-state index contributed by atoms with van der Waals surface area (Å²) < 4.78 is 5.02. The fourth-order valence-corrected chi connectivity index (χ4v) is 5.39. The Kier molecular flexibility index (Phi) is 6.01. The van der Waals surface area contributed by atoms with Gasteiger partial charge in [0.1, 0.15) is 12.2 Å². The van der Waals surface area contributed by atoms with Crippen molar-refractivity contribution in [3.63, 3.8) is 0 Å². The summed E-state index contributed by atoms with van der Waals surface area (Å²) >= 11 is 12.5. The molecule has 3 aliphatic rings. The standard InChI is InChI=1S/C26H25Cl2N3O5/c1-3-36-19(32)13-29-21-20(22(33)25(2)9-10-25)26(17-8-7-15(28)12-18(17)30-24(26)35)31(23(21)34)16-6-4-5-14(27)11-16/h4-8,11-12,24,29-30,35H,3,9-10,13H2,1-2H3. The Labute approximate surface area is 218 Å². The normalized spacial score (nSPS) is 23.5. The lowest BCUT2D eigenvalue weighted by atomic mass is 9.77.